The molecule has 0 bridgehead atoms. The largest absolute Gasteiger partial charge is 0.507 e. The Morgan fingerprint density at radius 3 is 2.30 bits per heavy atom. The zero-order chi connectivity index (χ0) is 32.5. The van der Waals surface area contributed by atoms with E-state index in [4.69, 9.17) is 23.2 Å². The van der Waals surface area contributed by atoms with Gasteiger partial charge in [0.15, 0.2) is 9.75 Å². The van der Waals surface area contributed by atoms with E-state index < -0.39 is 51.1 Å². The maximum Gasteiger partial charge on any atom is 0.253 e. The van der Waals surface area contributed by atoms with Gasteiger partial charge < -0.3 is 10.4 Å². The number of alkyl halides is 2. The Balaban J connectivity index is 1.29. The molecule has 6 unspecified atom stereocenters. The average Bonchev–Trinajstić information content (AvgIpc) is 3.38. The molecule has 0 aromatic heterocycles. The summed E-state index contributed by atoms with van der Waals surface area (Å²) in [6.45, 7) is 3.77. The van der Waals surface area contributed by atoms with Gasteiger partial charge in [-0.2, -0.15) is 0 Å². The van der Waals surface area contributed by atoms with E-state index in [9.17, 15) is 24.3 Å². The third kappa shape index (κ3) is 4.12. The van der Waals surface area contributed by atoms with Crippen LogP contribution in [0.25, 0.3) is 0 Å². The van der Waals surface area contributed by atoms with E-state index in [0.29, 0.717) is 28.8 Å². The fraction of sp³-hybridized carbons (Fsp3) is 0.278. The van der Waals surface area contributed by atoms with Crippen LogP contribution in [0.3, 0.4) is 0 Å². The first-order valence-corrected chi connectivity index (χ1v) is 15.9. The average molecular weight is 657 g/mol. The van der Waals surface area contributed by atoms with Crippen LogP contribution in [0.1, 0.15) is 29.9 Å². The number of imide groups is 2. The van der Waals surface area contributed by atoms with Crippen molar-refractivity contribution in [1.82, 2.24) is 4.90 Å². The van der Waals surface area contributed by atoms with Crippen molar-refractivity contribution in [2.75, 3.05) is 17.3 Å². The van der Waals surface area contributed by atoms with Gasteiger partial charge in [-0.1, -0.05) is 54.1 Å². The Morgan fingerprint density at radius 1 is 0.913 bits per heavy atom. The van der Waals surface area contributed by atoms with Gasteiger partial charge in [0, 0.05) is 29.9 Å². The number of rotatable bonds is 6. The van der Waals surface area contributed by atoms with Crippen LogP contribution in [0.5, 0.6) is 5.75 Å². The van der Waals surface area contributed by atoms with Gasteiger partial charge in [-0.3, -0.25) is 29.0 Å². The normalized spacial score (nSPS) is 30.1. The number of anilines is 3. The molecule has 46 heavy (non-hydrogen) atoms. The molecule has 4 aliphatic rings. The van der Waals surface area contributed by atoms with Crippen molar-refractivity contribution in [3.05, 3.63) is 108 Å². The lowest BCUT2D eigenvalue weighted by Gasteiger charge is -2.50. The number of benzene rings is 3. The van der Waals surface area contributed by atoms with Gasteiger partial charge in [-0.25, -0.2) is 0 Å². The SMILES string of the molecule is C=CCc1cccc(C2C3=CCC4C(=O)N(c5ccc(Nc6ccccc6)cc5)C(=O)C4C3CC3(Cl)C(=O)N(C)C(=O)C23Cl)c1O. The number of aromatic hydroxyl groups is 1. The van der Waals surface area contributed by atoms with Crippen LogP contribution in [-0.4, -0.2) is 50.4 Å². The maximum absolute atomic E-state index is 14.3. The minimum atomic E-state index is -1.97. The number of nitrogens with one attached hydrogen (secondary N) is 1. The Hall–Kier alpha value is -4.40. The molecular weight excluding hydrogens is 625 g/mol. The lowest BCUT2D eigenvalue weighted by molar-refractivity contribution is -0.138. The Morgan fingerprint density at radius 2 is 1.61 bits per heavy atom. The highest BCUT2D eigenvalue weighted by Crippen LogP contribution is 2.66. The second-order valence-corrected chi connectivity index (χ2v) is 13.6. The van der Waals surface area contributed by atoms with Gasteiger partial charge >= 0.3 is 0 Å². The van der Waals surface area contributed by atoms with Gasteiger partial charge in [-0.05, 0) is 67.1 Å². The van der Waals surface area contributed by atoms with Gasteiger partial charge in [-0.15, -0.1) is 29.8 Å². The summed E-state index contributed by atoms with van der Waals surface area (Å²) < 4.78 is 0. The Kier molecular flexibility index (Phi) is 7.14. The second-order valence-electron chi connectivity index (χ2n) is 12.4. The van der Waals surface area contributed by atoms with Crippen LogP contribution in [0.4, 0.5) is 17.1 Å². The number of para-hydroxylation sites is 2. The zero-order valence-electron chi connectivity index (χ0n) is 25.0. The monoisotopic (exact) mass is 655 g/mol. The molecule has 2 aliphatic heterocycles. The fourth-order valence-electron chi connectivity index (χ4n) is 7.89. The summed E-state index contributed by atoms with van der Waals surface area (Å²) in [5, 5.41) is 14.8. The fourth-order valence-corrected chi connectivity index (χ4v) is 8.90. The number of hydrogen-bond donors (Lipinski definition) is 2. The molecule has 7 rings (SSSR count). The van der Waals surface area contributed by atoms with Crippen molar-refractivity contribution in [1.29, 1.82) is 0 Å². The standard InChI is InChI=1S/C36H31Cl2N3O5/c1-3-8-20-9-7-12-26(30(20)42)29-24-17-18-25-28(27(24)19-35(37)33(45)40(2)34(46)36(29,35)38)32(44)41(31(25)43)23-15-13-22(14-16-23)39-21-10-5-4-6-11-21/h3-7,9-17,25,27-29,39,42H,1,8,18-19H2,2H3. The predicted molar refractivity (Wildman–Crippen MR) is 176 cm³/mol. The number of likely N-dealkylation sites (tertiary alicyclic amines) is 1. The second kappa shape index (κ2) is 10.9. The number of amides is 4. The summed E-state index contributed by atoms with van der Waals surface area (Å²) in [5.41, 5.74) is 3.65. The molecule has 0 spiro atoms. The smallest absolute Gasteiger partial charge is 0.253 e. The van der Waals surface area contributed by atoms with Crippen LogP contribution in [0, 0.1) is 17.8 Å². The van der Waals surface area contributed by atoms with Crippen molar-refractivity contribution in [3.63, 3.8) is 0 Å². The number of carbonyl (C=O) groups is 4. The van der Waals surface area contributed by atoms with E-state index in [1.807, 2.05) is 36.4 Å². The van der Waals surface area contributed by atoms with Gasteiger partial charge in [0.2, 0.25) is 11.8 Å². The number of carbonyl (C=O) groups excluding carboxylic acids is 4. The molecule has 3 aromatic carbocycles. The van der Waals surface area contributed by atoms with Crippen LogP contribution in [-0.2, 0) is 25.6 Å². The van der Waals surface area contributed by atoms with E-state index in [2.05, 4.69) is 11.9 Å². The summed E-state index contributed by atoms with van der Waals surface area (Å²) in [4.78, 5) is 53.9. The minimum Gasteiger partial charge on any atom is -0.507 e. The van der Waals surface area contributed by atoms with E-state index >= 15 is 0 Å². The lowest BCUT2D eigenvalue weighted by Crippen LogP contribution is -2.60. The van der Waals surface area contributed by atoms with Crippen molar-refractivity contribution in [2.24, 2.45) is 17.8 Å². The molecule has 1 saturated carbocycles. The number of phenolic OH excluding ortho intramolecular Hbond substituents is 1. The van der Waals surface area contributed by atoms with E-state index in [0.717, 1.165) is 16.3 Å². The summed E-state index contributed by atoms with van der Waals surface area (Å²) in [6, 6.07) is 21.8. The molecule has 3 fully saturated rings. The highest BCUT2D eigenvalue weighted by atomic mass is 35.5. The molecule has 0 radical (unpaired) electrons. The molecule has 3 aromatic rings. The summed E-state index contributed by atoms with van der Waals surface area (Å²) in [7, 11) is 1.34. The molecule has 10 heteroatoms. The minimum absolute atomic E-state index is 0.0791. The molecular formula is C36H31Cl2N3O5. The van der Waals surface area contributed by atoms with Crippen molar-refractivity contribution in [2.45, 2.75) is 34.9 Å². The third-order valence-corrected chi connectivity index (χ3v) is 11.4. The Bertz CT molecular complexity index is 1840. The van der Waals surface area contributed by atoms with Crippen LogP contribution < -0.4 is 10.2 Å². The first kappa shape index (κ1) is 30.3. The van der Waals surface area contributed by atoms with Crippen LogP contribution in [0.15, 0.2) is 97.1 Å². The molecule has 234 valence electrons. The van der Waals surface area contributed by atoms with Crippen molar-refractivity contribution in [3.8, 4) is 5.75 Å². The van der Waals surface area contributed by atoms with E-state index in [1.165, 1.54) is 11.9 Å². The molecule has 6 atom stereocenters. The lowest BCUT2D eigenvalue weighted by atomic mass is 9.56. The maximum atomic E-state index is 14.3. The highest BCUT2D eigenvalue weighted by molar-refractivity contribution is 6.53. The molecule has 8 nitrogen and oxygen atoms in total. The number of nitrogens with zero attached hydrogens (tertiary/aromatic N) is 2. The van der Waals surface area contributed by atoms with Gasteiger partial charge in [0.1, 0.15) is 5.75 Å². The first-order chi connectivity index (χ1) is 22.0. The number of phenols is 1. The number of hydrogen-bond acceptors (Lipinski definition) is 6. The van der Waals surface area contributed by atoms with Gasteiger partial charge in [0.25, 0.3) is 11.8 Å². The zero-order valence-corrected chi connectivity index (χ0v) is 26.5. The van der Waals surface area contributed by atoms with Crippen molar-refractivity contribution >= 4 is 63.9 Å². The molecule has 2 saturated heterocycles. The van der Waals surface area contributed by atoms with E-state index in [-0.39, 0.29) is 24.5 Å². The number of halogens is 2. The van der Waals surface area contributed by atoms with Crippen LogP contribution in [0.2, 0.25) is 0 Å². The number of fused-ring (bicyclic) bond motifs is 4. The quantitative estimate of drug-likeness (QED) is 0.190. The number of allylic oxidation sites excluding steroid dienone is 3. The third-order valence-electron chi connectivity index (χ3n) is 10.0. The molecule has 2 heterocycles. The summed E-state index contributed by atoms with van der Waals surface area (Å²) >= 11 is 14.5. The summed E-state index contributed by atoms with van der Waals surface area (Å²) in [5.74, 6) is -5.38. The van der Waals surface area contributed by atoms with Crippen molar-refractivity contribution < 1.29 is 24.3 Å². The topological polar surface area (TPSA) is 107 Å². The molecule has 2 aliphatic carbocycles. The molecule has 2 N–H and O–H groups in total. The van der Waals surface area contributed by atoms with Crippen LogP contribution >= 0.6 is 23.2 Å². The Labute approximate surface area is 276 Å². The predicted octanol–water partition coefficient (Wildman–Crippen LogP) is 6.06. The van der Waals surface area contributed by atoms with Gasteiger partial charge in [0.05, 0.1) is 17.5 Å². The first-order valence-electron chi connectivity index (χ1n) is 15.1. The van der Waals surface area contributed by atoms with E-state index in [1.54, 1.807) is 48.5 Å². The molecule has 4 amide bonds. The summed E-state index contributed by atoms with van der Waals surface area (Å²) in [6.07, 6.45) is 3.98. The highest BCUT2D eigenvalue weighted by Gasteiger charge is 2.76.